The van der Waals surface area contributed by atoms with Gasteiger partial charge in [0.2, 0.25) is 0 Å². The normalized spacial score (nSPS) is 12.8. The minimum absolute atomic E-state index is 0.219. The molecule has 0 spiro atoms. The van der Waals surface area contributed by atoms with Gasteiger partial charge in [-0.05, 0) is 36.2 Å². The van der Waals surface area contributed by atoms with E-state index in [-0.39, 0.29) is 11.9 Å². The van der Waals surface area contributed by atoms with Crippen molar-refractivity contribution in [1.29, 1.82) is 0 Å². The minimum Gasteiger partial charge on any atom is -0.392 e. The summed E-state index contributed by atoms with van der Waals surface area (Å²) < 4.78 is 15.1. The van der Waals surface area contributed by atoms with E-state index in [4.69, 9.17) is 0 Å². The van der Waals surface area contributed by atoms with Crippen molar-refractivity contribution in [2.24, 2.45) is 7.05 Å². The van der Waals surface area contributed by atoms with E-state index in [1.807, 2.05) is 19.3 Å². The zero-order chi connectivity index (χ0) is 15.9. The van der Waals surface area contributed by atoms with E-state index in [1.54, 1.807) is 12.1 Å². The third-order valence-corrected chi connectivity index (χ3v) is 3.85. The van der Waals surface area contributed by atoms with Gasteiger partial charge in [0, 0.05) is 38.6 Å². The summed E-state index contributed by atoms with van der Waals surface area (Å²) in [6, 6.07) is 10.7. The van der Waals surface area contributed by atoms with Gasteiger partial charge in [0.1, 0.15) is 5.82 Å². The molecule has 1 aromatic heterocycles. The number of nitrogens with zero attached hydrogens (tertiary/aromatic N) is 2. The highest BCUT2D eigenvalue weighted by Gasteiger charge is 2.13. The second-order valence-electron chi connectivity index (χ2n) is 5.85. The van der Waals surface area contributed by atoms with Crippen molar-refractivity contribution in [2.45, 2.75) is 39.0 Å². The number of aliphatic hydroxyl groups is 1. The van der Waals surface area contributed by atoms with Crippen LogP contribution in [0.1, 0.15) is 31.0 Å². The second-order valence-corrected chi connectivity index (χ2v) is 5.85. The number of aliphatic hydroxyl groups excluding tert-OH is 1. The summed E-state index contributed by atoms with van der Waals surface area (Å²) in [7, 11) is 2.02. The summed E-state index contributed by atoms with van der Waals surface area (Å²) in [5.74, 6) is -0.219. The van der Waals surface area contributed by atoms with E-state index < -0.39 is 0 Å². The molecule has 0 bridgehead atoms. The van der Waals surface area contributed by atoms with E-state index in [0.29, 0.717) is 13.1 Å². The first-order valence-corrected chi connectivity index (χ1v) is 7.83. The molecule has 4 heteroatoms. The summed E-state index contributed by atoms with van der Waals surface area (Å²) in [6.45, 7) is 4.16. The van der Waals surface area contributed by atoms with Crippen LogP contribution >= 0.6 is 0 Å². The van der Waals surface area contributed by atoms with Gasteiger partial charge in [-0.2, -0.15) is 0 Å². The minimum atomic E-state index is -0.328. The first-order valence-electron chi connectivity index (χ1n) is 7.83. The van der Waals surface area contributed by atoms with Crippen LogP contribution in [0.4, 0.5) is 4.39 Å². The Bertz CT molecular complexity index is 565. The first-order chi connectivity index (χ1) is 10.6. The molecule has 0 fully saturated rings. The molecular formula is C18H25FN2O. The molecule has 0 amide bonds. The highest BCUT2D eigenvalue weighted by molar-refractivity contribution is 5.16. The van der Waals surface area contributed by atoms with Gasteiger partial charge in [0.15, 0.2) is 0 Å². The Labute approximate surface area is 132 Å². The maximum Gasteiger partial charge on any atom is 0.123 e. The van der Waals surface area contributed by atoms with E-state index in [0.717, 1.165) is 24.9 Å². The number of rotatable bonds is 8. The van der Waals surface area contributed by atoms with E-state index >= 15 is 0 Å². The van der Waals surface area contributed by atoms with Gasteiger partial charge in [-0.1, -0.05) is 25.5 Å². The lowest BCUT2D eigenvalue weighted by molar-refractivity contribution is 0.0959. The molecule has 0 radical (unpaired) electrons. The Kier molecular flexibility index (Phi) is 6.16. The first kappa shape index (κ1) is 16.7. The number of hydrogen-bond acceptors (Lipinski definition) is 2. The van der Waals surface area contributed by atoms with Gasteiger partial charge >= 0.3 is 0 Å². The SMILES string of the molecule is CCCC(O)CN(Cc1ccc(F)cc1)Cc1cccn1C. The molecule has 3 nitrogen and oxygen atoms in total. The van der Waals surface area contributed by atoms with Crippen LogP contribution in [-0.2, 0) is 20.1 Å². The number of benzene rings is 1. The number of hydrogen-bond donors (Lipinski definition) is 1. The van der Waals surface area contributed by atoms with Crippen molar-refractivity contribution in [2.75, 3.05) is 6.54 Å². The zero-order valence-electron chi connectivity index (χ0n) is 13.4. The Balaban J connectivity index is 2.06. The van der Waals surface area contributed by atoms with Crippen LogP contribution in [0.2, 0.25) is 0 Å². The Hall–Kier alpha value is -1.65. The Morgan fingerprint density at radius 3 is 2.50 bits per heavy atom. The van der Waals surface area contributed by atoms with Gasteiger partial charge in [-0.15, -0.1) is 0 Å². The van der Waals surface area contributed by atoms with Crippen molar-refractivity contribution in [3.05, 3.63) is 59.7 Å². The summed E-state index contributed by atoms with van der Waals surface area (Å²) >= 11 is 0. The maximum absolute atomic E-state index is 13.0. The van der Waals surface area contributed by atoms with Gasteiger partial charge in [-0.3, -0.25) is 4.90 Å². The molecule has 120 valence electrons. The summed E-state index contributed by atoms with van der Waals surface area (Å²) in [6.07, 6.45) is 3.46. The van der Waals surface area contributed by atoms with E-state index in [9.17, 15) is 9.50 Å². The lowest BCUT2D eigenvalue weighted by Gasteiger charge is -2.25. The fourth-order valence-corrected chi connectivity index (χ4v) is 2.65. The van der Waals surface area contributed by atoms with Crippen LogP contribution in [0.3, 0.4) is 0 Å². The smallest absolute Gasteiger partial charge is 0.123 e. The monoisotopic (exact) mass is 304 g/mol. The van der Waals surface area contributed by atoms with E-state index in [1.165, 1.54) is 17.8 Å². The molecule has 22 heavy (non-hydrogen) atoms. The van der Waals surface area contributed by atoms with Crippen LogP contribution in [0, 0.1) is 5.82 Å². The molecular weight excluding hydrogens is 279 g/mol. The molecule has 0 aliphatic carbocycles. The summed E-state index contributed by atoms with van der Waals surface area (Å²) in [4.78, 5) is 2.21. The van der Waals surface area contributed by atoms with Crippen molar-refractivity contribution in [1.82, 2.24) is 9.47 Å². The third-order valence-electron chi connectivity index (χ3n) is 3.85. The lowest BCUT2D eigenvalue weighted by atomic mass is 10.1. The number of aryl methyl sites for hydroxylation is 1. The van der Waals surface area contributed by atoms with Crippen LogP contribution in [0.5, 0.6) is 0 Å². The Morgan fingerprint density at radius 1 is 1.18 bits per heavy atom. The predicted molar refractivity (Wildman–Crippen MR) is 86.8 cm³/mol. The van der Waals surface area contributed by atoms with E-state index in [2.05, 4.69) is 22.5 Å². The molecule has 1 aromatic carbocycles. The van der Waals surface area contributed by atoms with Crippen molar-refractivity contribution in [3.8, 4) is 0 Å². The third kappa shape index (κ3) is 4.97. The Morgan fingerprint density at radius 2 is 1.91 bits per heavy atom. The molecule has 0 aliphatic heterocycles. The molecule has 0 aliphatic rings. The molecule has 0 saturated heterocycles. The predicted octanol–water partition coefficient (Wildman–Crippen LogP) is 3.33. The number of aromatic nitrogens is 1. The molecule has 1 unspecified atom stereocenters. The largest absolute Gasteiger partial charge is 0.392 e. The van der Waals surface area contributed by atoms with Crippen LogP contribution in [0.15, 0.2) is 42.6 Å². The second kappa shape index (κ2) is 8.11. The molecule has 2 rings (SSSR count). The average molecular weight is 304 g/mol. The average Bonchev–Trinajstić information content (AvgIpc) is 2.87. The molecule has 2 aromatic rings. The van der Waals surface area contributed by atoms with Gasteiger partial charge < -0.3 is 9.67 Å². The fraction of sp³-hybridized carbons (Fsp3) is 0.444. The summed E-state index contributed by atoms with van der Waals surface area (Å²) in [5.41, 5.74) is 2.25. The molecule has 1 N–H and O–H groups in total. The number of halogens is 1. The van der Waals surface area contributed by atoms with Crippen LogP contribution in [-0.4, -0.2) is 27.2 Å². The standard InChI is InChI=1S/C18H25FN2O/c1-3-5-18(22)14-21(13-17-6-4-11-20(17)2)12-15-7-9-16(19)10-8-15/h4,6-11,18,22H,3,5,12-14H2,1-2H3. The fourth-order valence-electron chi connectivity index (χ4n) is 2.65. The highest BCUT2D eigenvalue weighted by Crippen LogP contribution is 2.13. The van der Waals surface area contributed by atoms with Crippen molar-refractivity contribution < 1.29 is 9.50 Å². The molecule has 0 saturated carbocycles. The van der Waals surface area contributed by atoms with Gasteiger partial charge in [-0.25, -0.2) is 4.39 Å². The maximum atomic E-state index is 13.0. The zero-order valence-corrected chi connectivity index (χ0v) is 13.4. The molecule has 1 atom stereocenters. The van der Waals surface area contributed by atoms with Gasteiger partial charge in [0.05, 0.1) is 6.10 Å². The topological polar surface area (TPSA) is 28.4 Å². The lowest BCUT2D eigenvalue weighted by Crippen LogP contribution is -2.32. The van der Waals surface area contributed by atoms with Crippen LogP contribution < -0.4 is 0 Å². The molecule has 1 heterocycles. The summed E-state index contributed by atoms with van der Waals surface area (Å²) in [5, 5.41) is 10.1. The quantitative estimate of drug-likeness (QED) is 0.810. The van der Waals surface area contributed by atoms with Gasteiger partial charge in [0.25, 0.3) is 0 Å². The van der Waals surface area contributed by atoms with Crippen molar-refractivity contribution in [3.63, 3.8) is 0 Å². The van der Waals surface area contributed by atoms with Crippen LogP contribution in [0.25, 0.3) is 0 Å². The van der Waals surface area contributed by atoms with Crippen molar-refractivity contribution >= 4 is 0 Å². The highest BCUT2D eigenvalue weighted by atomic mass is 19.1.